The average molecular weight is 346 g/mol. The molecule has 132 valence electrons. The topological polar surface area (TPSA) is 143 Å². The van der Waals surface area contributed by atoms with Gasteiger partial charge < -0.3 is 25.7 Å². The Balaban J connectivity index is 2.77. The Hall–Kier alpha value is -3.29. The summed E-state index contributed by atoms with van der Waals surface area (Å²) in [6.45, 7) is 4.21. The van der Waals surface area contributed by atoms with Gasteiger partial charge >= 0.3 is 11.9 Å². The molecule has 0 unspecified atom stereocenters. The number of hydrogen-bond acceptors (Lipinski definition) is 5. The van der Waals surface area contributed by atoms with Crippen molar-refractivity contribution in [3.8, 4) is 16.9 Å². The smallest absolute Gasteiger partial charge is 0.342 e. The van der Waals surface area contributed by atoms with Crippen molar-refractivity contribution in [1.82, 2.24) is 4.98 Å². The van der Waals surface area contributed by atoms with Crippen LogP contribution in [-0.2, 0) is 0 Å². The van der Waals surface area contributed by atoms with Crippen LogP contribution in [0.3, 0.4) is 0 Å². The summed E-state index contributed by atoms with van der Waals surface area (Å²) < 4.78 is 5.55. The van der Waals surface area contributed by atoms with Crippen molar-refractivity contribution >= 4 is 17.8 Å². The van der Waals surface area contributed by atoms with Crippen molar-refractivity contribution in [1.29, 1.82) is 0 Å². The first-order chi connectivity index (χ1) is 11.8. The maximum atomic E-state index is 12.0. The number of rotatable bonds is 6. The van der Waals surface area contributed by atoms with E-state index in [-0.39, 0.29) is 11.1 Å². The molecular weight excluding hydrogens is 328 g/mol. The first-order valence-corrected chi connectivity index (χ1v) is 7.54. The predicted octanol–water partition coefficient (Wildman–Crippen LogP) is 2.12. The third kappa shape index (κ3) is 3.47. The largest absolute Gasteiger partial charge is 0.493 e. The third-order valence-corrected chi connectivity index (χ3v) is 3.60. The fourth-order valence-corrected chi connectivity index (χ4v) is 2.51. The molecule has 1 heterocycles. The Morgan fingerprint density at radius 3 is 2.36 bits per heavy atom. The number of carbonyl (C=O) groups is 2. The molecule has 8 nitrogen and oxygen atoms in total. The van der Waals surface area contributed by atoms with Gasteiger partial charge in [0.2, 0.25) is 0 Å². The number of nitrogens with one attached hydrogen (secondary N) is 1. The SMILES string of the molecule is CCCOc1ccc(-c2c(C(=O)O)c(N)[nH]c(=O)c2C(=O)O)cc1C. The van der Waals surface area contributed by atoms with Crippen molar-refractivity contribution in [2.45, 2.75) is 20.3 Å². The van der Waals surface area contributed by atoms with Crippen LogP contribution in [0.25, 0.3) is 11.1 Å². The minimum atomic E-state index is -1.54. The lowest BCUT2D eigenvalue weighted by atomic mass is 9.94. The van der Waals surface area contributed by atoms with E-state index < -0.39 is 34.4 Å². The Bertz CT molecular complexity index is 901. The van der Waals surface area contributed by atoms with Crippen molar-refractivity contribution in [3.63, 3.8) is 0 Å². The van der Waals surface area contributed by atoms with Crippen molar-refractivity contribution in [3.05, 3.63) is 45.2 Å². The van der Waals surface area contributed by atoms with Gasteiger partial charge in [0.25, 0.3) is 5.56 Å². The van der Waals surface area contributed by atoms with E-state index in [0.717, 1.165) is 6.42 Å². The summed E-state index contributed by atoms with van der Waals surface area (Å²) in [7, 11) is 0. The molecule has 25 heavy (non-hydrogen) atoms. The molecule has 0 bridgehead atoms. The fourth-order valence-electron chi connectivity index (χ4n) is 2.51. The van der Waals surface area contributed by atoms with Crippen LogP contribution in [0.4, 0.5) is 5.82 Å². The van der Waals surface area contributed by atoms with Gasteiger partial charge in [-0.15, -0.1) is 0 Å². The van der Waals surface area contributed by atoms with Gasteiger partial charge in [-0.25, -0.2) is 9.59 Å². The van der Waals surface area contributed by atoms with E-state index in [1.807, 2.05) is 6.92 Å². The lowest BCUT2D eigenvalue weighted by Gasteiger charge is -2.14. The summed E-state index contributed by atoms with van der Waals surface area (Å²) in [5.41, 5.74) is 4.22. The Morgan fingerprint density at radius 1 is 1.20 bits per heavy atom. The van der Waals surface area contributed by atoms with E-state index in [1.165, 1.54) is 6.07 Å². The second kappa shape index (κ2) is 7.08. The molecule has 8 heteroatoms. The number of nitrogens with two attached hydrogens (primary N) is 1. The average Bonchev–Trinajstić information content (AvgIpc) is 2.52. The molecule has 0 radical (unpaired) electrons. The lowest BCUT2D eigenvalue weighted by molar-refractivity contribution is 0.0695. The summed E-state index contributed by atoms with van der Waals surface area (Å²) in [5, 5.41) is 18.8. The number of hydrogen-bond donors (Lipinski definition) is 4. The molecule has 5 N–H and O–H groups in total. The highest BCUT2D eigenvalue weighted by Crippen LogP contribution is 2.32. The van der Waals surface area contributed by atoms with Gasteiger partial charge in [0, 0.05) is 5.56 Å². The molecule has 2 aromatic rings. The minimum absolute atomic E-state index is 0.230. The monoisotopic (exact) mass is 346 g/mol. The normalized spacial score (nSPS) is 10.5. The molecule has 0 aliphatic rings. The molecule has 0 saturated heterocycles. The fraction of sp³-hybridized carbons (Fsp3) is 0.235. The second-order valence-corrected chi connectivity index (χ2v) is 5.43. The number of carboxylic acids is 2. The number of carboxylic acid groups (broad SMARTS) is 2. The van der Waals surface area contributed by atoms with Crippen LogP contribution < -0.4 is 16.0 Å². The van der Waals surface area contributed by atoms with Crippen LogP contribution in [0.2, 0.25) is 0 Å². The van der Waals surface area contributed by atoms with Crippen molar-refractivity contribution in [2.75, 3.05) is 12.3 Å². The van der Waals surface area contributed by atoms with E-state index in [9.17, 15) is 24.6 Å². The maximum Gasteiger partial charge on any atom is 0.342 e. The van der Waals surface area contributed by atoms with Gasteiger partial charge in [0.15, 0.2) is 0 Å². The molecule has 0 aliphatic carbocycles. The highest BCUT2D eigenvalue weighted by atomic mass is 16.5. The standard InChI is InChI=1S/C17H18N2O6/c1-3-6-25-10-5-4-9(7-8(10)2)11-12(16(21)22)14(18)19-15(20)13(11)17(23)24/h4-5,7H,3,6H2,1-2H3,(H,21,22)(H,23,24)(H3,18,19,20). The second-order valence-electron chi connectivity index (χ2n) is 5.43. The molecule has 0 saturated carbocycles. The molecule has 0 amide bonds. The Morgan fingerprint density at radius 2 is 1.84 bits per heavy atom. The number of aromatic nitrogens is 1. The number of ether oxygens (including phenoxy) is 1. The first-order valence-electron chi connectivity index (χ1n) is 7.54. The number of H-pyrrole nitrogens is 1. The summed E-state index contributed by atoms with van der Waals surface area (Å²) in [4.78, 5) is 37.2. The van der Waals surface area contributed by atoms with Crippen LogP contribution in [0, 0.1) is 6.92 Å². The highest BCUT2D eigenvalue weighted by Gasteiger charge is 2.26. The van der Waals surface area contributed by atoms with Gasteiger partial charge in [-0.05, 0) is 36.6 Å². The summed E-state index contributed by atoms with van der Waals surface area (Å²) in [5.74, 6) is -2.78. The zero-order valence-corrected chi connectivity index (χ0v) is 13.8. The number of aryl methyl sites for hydroxylation is 1. The highest BCUT2D eigenvalue weighted by molar-refractivity contribution is 6.07. The molecule has 2 rings (SSSR count). The molecule has 0 aliphatic heterocycles. The molecular formula is C17H18N2O6. The predicted molar refractivity (Wildman–Crippen MR) is 91.4 cm³/mol. The number of pyridine rings is 1. The van der Waals surface area contributed by atoms with Gasteiger partial charge in [-0.2, -0.15) is 0 Å². The van der Waals surface area contributed by atoms with E-state index in [0.29, 0.717) is 17.9 Å². The number of anilines is 1. The van der Waals surface area contributed by atoms with Crippen LogP contribution >= 0.6 is 0 Å². The zero-order valence-electron chi connectivity index (χ0n) is 13.8. The Kier molecular flexibility index (Phi) is 5.11. The number of benzene rings is 1. The maximum absolute atomic E-state index is 12.0. The molecule has 0 spiro atoms. The Labute approximate surface area is 142 Å². The quantitative estimate of drug-likeness (QED) is 0.627. The van der Waals surface area contributed by atoms with E-state index in [1.54, 1.807) is 19.1 Å². The van der Waals surface area contributed by atoms with Crippen molar-refractivity contribution in [2.24, 2.45) is 0 Å². The number of nitrogen functional groups attached to an aromatic ring is 1. The van der Waals surface area contributed by atoms with E-state index in [4.69, 9.17) is 10.5 Å². The molecule has 0 fully saturated rings. The van der Waals surface area contributed by atoms with Gasteiger partial charge in [0.1, 0.15) is 22.7 Å². The van der Waals surface area contributed by atoms with Gasteiger partial charge in [-0.1, -0.05) is 13.0 Å². The minimum Gasteiger partial charge on any atom is -0.493 e. The summed E-state index contributed by atoms with van der Waals surface area (Å²) in [6.07, 6.45) is 0.818. The number of aromatic amines is 1. The summed E-state index contributed by atoms with van der Waals surface area (Å²) in [6, 6.07) is 4.68. The zero-order chi connectivity index (χ0) is 18.7. The van der Waals surface area contributed by atoms with E-state index >= 15 is 0 Å². The van der Waals surface area contributed by atoms with Gasteiger partial charge in [-0.3, -0.25) is 4.79 Å². The number of aromatic carboxylic acids is 2. The van der Waals surface area contributed by atoms with Crippen LogP contribution in [0.15, 0.2) is 23.0 Å². The third-order valence-electron chi connectivity index (χ3n) is 3.60. The lowest BCUT2D eigenvalue weighted by Crippen LogP contribution is -2.24. The molecule has 1 aromatic carbocycles. The summed E-state index contributed by atoms with van der Waals surface area (Å²) >= 11 is 0. The van der Waals surface area contributed by atoms with Crippen LogP contribution in [0.5, 0.6) is 5.75 Å². The van der Waals surface area contributed by atoms with E-state index in [2.05, 4.69) is 4.98 Å². The van der Waals surface area contributed by atoms with Gasteiger partial charge in [0.05, 0.1) is 6.61 Å². The van der Waals surface area contributed by atoms with Crippen LogP contribution in [-0.4, -0.2) is 33.7 Å². The first kappa shape index (κ1) is 18.1. The molecule has 0 atom stereocenters. The molecule has 1 aromatic heterocycles. The van der Waals surface area contributed by atoms with Crippen LogP contribution in [0.1, 0.15) is 39.6 Å². The van der Waals surface area contributed by atoms with Crippen molar-refractivity contribution < 1.29 is 24.5 Å².